The molecule has 11 heavy (non-hydrogen) atoms. The molecule has 1 unspecified atom stereocenters. The number of hydrogen-bond acceptors (Lipinski definition) is 2. The second-order valence-electron chi connectivity index (χ2n) is 2.62. The third-order valence-electron chi connectivity index (χ3n) is 1.30. The SMILES string of the molecule is CCCCCNCP(N)(=O)O. The average molecular weight is 180 g/mol. The van der Waals surface area contributed by atoms with Crippen molar-refractivity contribution < 1.29 is 9.46 Å². The second-order valence-corrected chi connectivity index (χ2v) is 4.45. The van der Waals surface area contributed by atoms with E-state index in [2.05, 4.69) is 12.2 Å². The van der Waals surface area contributed by atoms with Crippen LogP contribution in [0.1, 0.15) is 26.2 Å². The van der Waals surface area contributed by atoms with Gasteiger partial charge in [0.05, 0.1) is 6.29 Å². The van der Waals surface area contributed by atoms with Crippen LogP contribution in [0.2, 0.25) is 0 Å². The molecule has 0 heterocycles. The minimum atomic E-state index is -3.33. The van der Waals surface area contributed by atoms with Gasteiger partial charge < -0.3 is 10.2 Å². The van der Waals surface area contributed by atoms with E-state index in [0.717, 1.165) is 25.8 Å². The first-order valence-corrected chi connectivity index (χ1v) is 5.79. The molecule has 0 radical (unpaired) electrons. The molecule has 0 spiro atoms. The Morgan fingerprint density at radius 3 is 2.64 bits per heavy atom. The smallest absolute Gasteiger partial charge is 0.278 e. The van der Waals surface area contributed by atoms with Crippen LogP contribution in [-0.4, -0.2) is 17.7 Å². The molecule has 5 heteroatoms. The highest BCUT2D eigenvalue weighted by Crippen LogP contribution is 2.26. The molecule has 0 bridgehead atoms. The molecule has 0 fully saturated rings. The summed E-state index contributed by atoms with van der Waals surface area (Å²) in [4.78, 5) is 8.65. The van der Waals surface area contributed by atoms with E-state index < -0.39 is 7.52 Å². The van der Waals surface area contributed by atoms with E-state index in [-0.39, 0.29) is 6.29 Å². The molecule has 0 aliphatic heterocycles. The first kappa shape index (κ1) is 11.1. The Labute approximate surface area is 67.7 Å². The van der Waals surface area contributed by atoms with Gasteiger partial charge in [-0.15, -0.1) is 0 Å². The van der Waals surface area contributed by atoms with E-state index in [1.54, 1.807) is 0 Å². The van der Waals surface area contributed by atoms with E-state index >= 15 is 0 Å². The molecule has 0 rings (SSSR count). The van der Waals surface area contributed by atoms with Crippen LogP contribution >= 0.6 is 7.52 Å². The zero-order chi connectivity index (χ0) is 8.74. The predicted molar refractivity (Wildman–Crippen MR) is 46.4 cm³/mol. The van der Waals surface area contributed by atoms with E-state index in [0.29, 0.717) is 0 Å². The van der Waals surface area contributed by atoms with Crippen molar-refractivity contribution in [2.24, 2.45) is 5.50 Å². The fourth-order valence-electron chi connectivity index (χ4n) is 0.739. The molecule has 0 aromatic heterocycles. The summed E-state index contributed by atoms with van der Waals surface area (Å²) in [6.45, 7) is 2.88. The predicted octanol–water partition coefficient (Wildman–Crippen LogP) is 0.868. The van der Waals surface area contributed by atoms with Gasteiger partial charge in [0.25, 0.3) is 7.52 Å². The summed E-state index contributed by atoms with van der Waals surface area (Å²) in [5.41, 5.74) is 4.90. The number of hydrogen-bond donors (Lipinski definition) is 3. The lowest BCUT2D eigenvalue weighted by Crippen LogP contribution is -2.19. The van der Waals surface area contributed by atoms with Gasteiger partial charge in [0.1, 0.15) is 0 Å². The molecule has 0 aliphatic carbocycles. The van der Waals surface area contributed by atoms with Crippen molar-refractivity contribution in [3.8, 4) is 0 Å². The number of nitrogens with two attached hydrogens (primary N) is 1. The van der Waals surface area contributed by atoms with Gasteiger partial charge in [-0.25, -0.2) is 0 Å². The normalized spacial score (nSPS) is 16.3. The van der Waals surface area contributed by atoms with Crippen LogP contribution in [0.5, 0.6) is 0 Å². The lowest BCUT2D eigenvalue weighted by atomic mass is 10.2. The molecule has 0 aromatic carbocycles. The zero-order valence-corrected chi connectivity index (χ0v) is 7.81. The number of rotatable bonds is 6. The Morgan fingerprint density at radius 2 is 2.18 bits per heavy atom. The highest BCUT2D eigenvalue weighted by atomic mass is 31.2. The zero-order valence-electron chi connectivity index (χ0n) is 6.92. The Bertz CT molecular complexity index is 135. The summed E-state index contributed by atoms with van der Waals surface area (Å²) in [6.07, 6.45) is 3.36. The Hall–Kier alpha value is 0.110. The van der Waals surface area contributed by atoms with Crippen molar-refractivity contribution in [2.75, 3.05) is 12.8 Å². The van der Waals surface area contributed by atoms with Gasteiger partial charge in [0, 0.05) is 0 Å². The standard InChI is InChI=1S/C6H17N2O2P/c1-2-3-4-5-8-6-11(7,9)10/h8H,2-6H2,1H3,(H3,7,9,10). The summed E-state index contributed by atoms with van der Waals surface area (Å²) < 4.78 is 10.5. The first-order valence-electron chi connectivity index (χ1n) is 3.87. The third-order valence-corrected chi connectivity index (χ3v) is 1.97. The van der Waals surface area contributed by atoms with Gasteiger partial charge in [-0.1, -0.05) is 19.8 Å². The van der Waals surface area contributed by atoms with Crippen LogP contribution in [0.15, 0.2) is 0 Å². The van der Waals surface area contributed by atoms with Crippen LogP contribution in [-0.2, 0) is 4.57 Å². The monoisotopic (exact) mass is 180 g/mol. The van der Waals surface area contributed by atoms with E-state index in [1.165, 1.54) is 0 Å². The highest BCUT2D eigenvalue weighted by Gasteiger charge is 2.07. The molecule has 0 amide bonds. The van der Waals surface area contributed by atoms with Gasteiger partial charge in [-0.2, -0.15) is 0 Å². The van der Waals surface area contributed by atoms with Gasteiger partial charge in [-0.3, -0.25) is 10.1 Å². The molecule has 0 saturated heterocycles. The number of nitrogens with one attached hydrogen (secondary N) is 1. The highest BCUT2D eigenvalue weighted by molar-refractivity contribution is 7.55. The van der Waals surface area contributed by atoms with Crippen molar-refractivity contribution in [3.63, 3.8) is 0 Å². The second kappa shape index (κ2) is 5.72. The van der Waals surface area contributed by atoms with Gasteiger partial charge in [-0.05, 0) is 13.0 Å². The summed E-state index contributed by atoms with van der Waals surface area (Å²) in [6, 6.07) is 0. The van der Waals surface area contributed by atoms with Crippen molar-refractivity contribution >= 4 is 7.52 Å². The summed E-state index contributed by atoms with van der Waals surface area (Å²) in [7, 11) is -3.33. The average Bonchev–Trinajstić information content (AvgIpc) is 1.85. The van der Waals surface area contributed by atoms with Crippen molar-refractivity contribution in [1.82, 2.24) is 5.32 Å². The molecule has 1 atom stereocenters. The first-order chi connectivity index (χ1) is 5.06. The maximum absolute atomic E-state index is 10.5. The van der Waals surface area contributed by atoms with Gasteiger partial charge in [0.15, 0.2) is 0 Å². The van der Waals surface area contributed by atoms with Crippen LogP contribution in [0.4, 0.5) is 0 Å². The van der Waals surface area contributed by atoms with E-state index in [1.807, 2.05) is 0 Å². The molecule has 4 nitrogen and oxygen atoms in total. The minimum Gasteiger partial charge on any atom is -0.333 e. The summed E-state index contributed by atoms with van der Waals surface area (Å²) in [5, 5.41) is 2.82. The van der Waals surface area contributed by atoms with Crippen LogP contribution < -0.4 is 10.8 Å². The van der Waals surface area contributed by atoms with Crippen LogP contribution in [0.3, 0.4) is 0 Å². The van der Waals surface area contributed by atoms with Gasteiger partial charge >= 0.3 is 0 Å². The summed E-state index contributed by atoms with van der Waals surface area (Å²) in [5.74, 6) is 0. The van der Waals surface area contributed by atoms with Gasteiger partial charge in [0.2, 0.25) is 0 Å². The lowest BCUT2D eigenvalue weighted by molar-refractivity contribution is 0.472. The topological polar surface area (TPSA) is 75.3 Å². The molecule has 0 aromatic rings. The molecular formula is C6H17N2O2P. The molecule has 4 N–H and O–H groups in total. The molecule has 0 saturated carbocycles. The van der Waals surface area contributed by atoms with Crippen molar-refractivity contribution in [1.29, 1.82) is 0 Å². The Kier molecular flexibility index (Phi) is 5.78. The molecule has 68 valence electrons. The quantitative estimate of drug-likeness (QED) is 0.418. The molecular weight excluding hydrogens is 163 g/mol. The maximum Gasteiger partial charge on any atom is 0.278 e. The fraction of sp³-hybridized carbons (Fsp3) is 1.00. The largest absolute Gasteiger partial charge is 0.333 e. The van der Waals surface area contributed by atoms with E-state index in [4.69, 9.17) is 10.4 Å². The Balaban J connectivity index is 3.09. The van der Waals surface area contributed by atoms with Crippen molar-refractivity contribution in [2.45, 2.75) is 26.2 Å². The summed E-state index contributed by atoms with van der Waals surface area (Å²) >= 11 is 0. The molecule has 0 aliphatic rings. The maximum atomic E-state index is 10.5. The van der Waals surface area contributed by atoms with E-state index in [9.17, 15) is 4.57 Å². The Morgan fingerprint density at radius 1 is 1.55 bits per heavy atom. The van der Waals surface area contributed by atoms with Crippen LogP contribution in [0, 0.1) is 0 Å². The third kappa shape index (κ3) is 10.1. The van der Waals surface area contributed by atoms with Crippen molar-refractivity contribution in [3.05, 3.63) is 0 Å². The fourth-order valence-corrected chi connectivity index (χ4v) is 1.22. The minimum absolute atomic E-state index is 0.0245. The van der Waals surface area contributed by atoms with Crippen LogP contribution in [0.25, 0.3) is 0 Å². The number of unbranched alkanes of at least 4 members (excludes halogenated alkanes) is 2. The lowest BCUT2D eigenvalue weighted by Gasteiger charge is -2.05.